The molecule has 0 spiro atoms. The van der Waals surface area contributed by atoms with Crippen molar-refractivity contribution in [1.82, 2.24) is 0 Å². The predicted molar refractivity (Wildman–Crippen MR) is 256 cm³/mol. The molecule has 0 amide bonds. The van der Waals surface area contributed by atoms with Gasteiger partial charge in [0.1, 0.15) is 13.2 Å². The van der Waals surface area contributed by atoms with E-state index in [0.29, 0.717) is 19.3 Å². The van der Waals surface area contributed by atoms with E-state index in [9.17, 15) is 14.4 Å². The van der Waals surface area contributed by atoms with Gasteiger partial charge < -0.3 is 14.2 Å². The molecule has 0 saturated carbocycles. The van der Waals surface area contributed by atoms with Crippen molar-refractivity contribution in [2.24, 2.45) is 0 Å². The van der Waals surface area contributed by atoms with Crippen LogP contribution in [0.2, 0.25) is 0 Å². The lowest BCUT2D eigenvalue weighted by Gasteiger charge is -2.18. The number of carbonyl (C=O) groups is 3. The second-order valence-electron chi connectivity index (χ2n) is 17.8. The Hall–Kier alpha value is -2.11. The third kappa shape index (κ3) is 46.9. The molecule has 0 radical (unpaired) electrons. The third-order valence-electron chi connectivity index (χ3n) is 11.7. The predicted octanol–water partition coefficient (Wildman–Crippen LogP) is 17.2. The van der Waals surface area contributed by atoms with Gasteiger partial charge in [-0.2, -0.15) is 0 Å². The van der Waals surface area contributed by atoms with Crippen LogP contribution in [0.5, 0.6) is 0 Å². The molecular formula is C54H100O6. The summed E-state index contributed by atoms with van der Waals surface area (Å²) in [5.41, 5.74) is 0. The summed E-state index contributed by atoms with van der Waals surface area (Å²) in [5, 5.41) is 0. The fourth-order valence-electron chi connectivity index (χ4n) is 7.67. The first kappa shape index (κ1) is 57.9. The Morgan fingerprint density at radius 2 is 0.550 bits per heavy atom. The smallest absolute Gasteiger partial charge is 0.306 e. The van der Waals surface area contributed by atoms with E-state index in [1.54, 1.807) is 0 Å². The number of ether oxygens (including phenoxy) is 3. The SMILES string of the molecule is CCCCCC/C=C\CCCCCCCCCC(=O)OCC(COC(=O)CCCCC/C=C\CCCCCCCC)OC(=O)CCCCCCCCCCCCCCCC. The van der Waals surface area contributed by atoms with Crippen molar-refractivity contribution in [2.75, 3.05) is 13.2 Å². The van der Waals surface area contributed by atoms with E-state index in [1.807, 2.05) is 0 Å². The Morgan fingerprint density at radius 3 is 0.867 bits per heavy atom. The standard InChI is InChI=1S/C54H100O6/c1-4-7-10-13-16-19-22-25-27-30-32-35-38-41-44-47-53(56)59-50-51(49-58-52(55)46-43-40-37-34-31-28-24-21-18-15-12-9-6-3)60-54(57)48-45-42-39-36-33-29-26-23-20-17-14-11-8-5-2/h19,22,28,31,51H,4-18,20-21,23-27,29-30,32-50H2,1-3H3/b22-19-,31-28-. The van der Waals surface area contributed by atoms with Crippen LogP contribution in [0.1, 0.15) is 284 Å². The Morgan fingerprint density at radius 1 is 0.317 bits per heavy atom. The van der Waals surface area contributed by atoms with Crippen LogP contribution >= 0.6 is 0 Å². The van der Waals surface area contributed by atoms with Gasteiger partial charge in [0, 0.05) is 19.3 Å². The van der Waals surface area contributed by atoms with Crippen molar-refractivity contribution >= 4 is 17.9 Å². The number of rotatable bonds is 48. The van der Waals surface area contributed by atoms with Crippen LogP contribution in [0.4, 0.5) is 0 Å². The molecule has 0 saturated heterocycles. The van der Waals surface area contributed by atoms with Crippen LogP contribution in [-0.4, -0.2) is 37.2 Å². The molecule has 60 heavy (non-hydrogen) atoms. The largest absolute Gasteiger partial charge is 0.462 e. The molecule has 0 fully saturated rings. The summed E-state index contributed by atoms with van der Waals surface area (Å²) in [6, 6.07) is 0. The molecule has 0 aliphatic rings. The van der Waals surface area contributed by atoms with Gasteiger partial charge in [-0.15, -0.1) is 0 Å². The molecular weight excluding hydrogens is 745 g/mol. The Balaban J connectivity index is 4.36. The van der Waals surface area contributed by atoms with Gasteiger partial charge >= 0.3 is 17.9 Å². The van der Waals surface area contributed by atoms with Crippen LogP contribution in [0.3, 0.4) is 0 Å². The lowest BCUT2D eigenvalue weighted by molar-refractivity contribution is -0.167. The highest BCUT2D eigenvalue weighted by Crippen LogP contribution is 2.16. The molecule has 0 bridgehead atoms. The molecule has 0 aromatic rings. The summed E-state index contributed by atoms with van der Waals surface area (Å²) in [4.78, 5) is 38.0. The van der Waals surface area contributed by atoms with E-state index in [-0.39, 0.29) is 31.1 Å². The Bertz CT molecular complexity index is 973. The van der Waals surface area contributed by atoms with Gasteiger partial charge in [0.15, 0.2) is 6.10 Å². The number of carbonyl (C=O) groups excluding carboxylic acids is 3. The first-order valence-electron chi connectivity index (χ1n) is 26.3. The van der Waals surface area contributed by atoms with Crippen LogP contribution in [0, 0.1) is 0 Å². The van der Waals surface area contributed by atoms with E-state index < -0.39 is 6.10 Å². The molecule has 6 nitrogen and oxygen atoms in total. The van der Waals surface area contributed by atoms with Crippen LogP contribution in [0.25, 0.3) is 0 Å². The van der Waals surface area contributed by atoms with Crippen molar-refractivity contribution in [3.8, 4) is 0 Å². The second-order valence-corrected chi connectivity index (χ2v) is 17.8. The second kappa shape index (κ2) is 49.5. The molecule has 0 heterocycles. The van der Waals surface area contributed by atoms with Crippen LogP contribution < -0.4 is 0 Å². The molecule has 0 aliphatic heterocycles. The Labute approximate surface area is 373 Å². The maximum atomic E-state index is 12.8. The minimum Gasteiger partial charge on any atom is -0.462 e. The fourth-order valence-corrected chi connectivity index (χ4v) is 7.67. The molecule has 0 aliphatic carbocycles. The first-order chi connectivity index (χ1) is 29.5. The number of allylic oxidation sites excluding steroid dienone is 4. The molecule has 6 heteroatoms. The van der Waals surface area contributed by atoms with Crippen molar-refractivity contribution in [1.29, 1.82) is 0 Å². The highest BCUT2D eigenvalue weighted by atomic mass is 16.6. The zero-order valence-corrected chi connectivity index (χ0v) is 40.2. The summed E-state index contributed by atoms with van der Waals surface area (Å²) in [6.07, 6.45) is 55.8. The molecule has 0 aromatic heterocycles. The van der Waals surface area contributed by atoms with Gasteiger partial charge in [-0.05, 0) is 70.6 Å². The van der Waals surface area contributed by atoms with Gasteiger partial charge in [-0.3, -0.25) is 14.4 Å². The van der Waals surface area contributed by atoms with Gasteiger partial charge in [0.25, 0.3) is 0 Å². The first-order valence-corrected chi connectivity index (χ1v) is 26.3. The molecule has 0 rings (SSSR count). The van der Waals surface area contributed by atoms with E-state index in [0.717, 1.165) is 70.6 Å². The molecule has 0 aromatic carbocycles. The topological polar surface area (TPSA) is 78.9 Å². The van der Waals surface area contributed by atoms with Gasteiger partial charge in [-0.1, -0.05) is 218 Å². The number of unbranched alkanes of at least 4 members (excludes halogenated alkanes) is 33. The van der Waals surface area contributed by atoms with E-state index in [2.05, 4.69) is 45.1 Å². The van der Waals surface area contributed by atoms with Crippen LogP contribution in [0.15, 0.2) is 24.3 Å². The summed E-state index contributed by atoms with van der Waals surface area (Å²) in [5.74, 6) is -0.881. The fraction of sp³-hybridized carbons (Fsp3) is 0.870. The monoisotopic (exact) mass is 845 g/mol. The maximum absolute atomic E-state index is 12.8. The maximum Gasteiger partial charge on any atom is 0.306 e. The Kier molecular flexibility index (Phi) is 47.8. The van der Waals surface area contributed by atoms with E-state index in [4.69, 9.17) is 14.2 Å². The quantitative estimate of drug-likeness (QED) is 0.0263. The average molecular weight is 845 g/mol. The molecule has 352 valence electrons. The lowest BCUT2D eigenvalue weighted by Crippen LogP contribution is -2.30. The lowest BCUT2D eigenvalue weighted by atomic mass is 10.0. The number of esters is 3. The van der Waals surface area contributed by atoms with Crippen molar-refractivity contribution in [2.45, 2.75) is 290 Å². The average Bonchev–Trinajstić information content (AvgIpc) is 3.24. The van der Waals surface area contributed by atoms with Gasteiger partial charge in [-0.25, -0.2) is 0 Å². The summed E-state index contributed by atoms with van der Waals surface area (Å²) in [6.45, 7) is 6.63. The van der Waals surface area contributed by atoms with Crippen molar-refractivity contribution in [3.05, 3.63) is 24.3 Å². The molecule has 0 N–H and O–H groups in total. The van der Waals surface area contributed by atoms with Gasteiger partial charge in [0.2, 0.25) is 0 Å². The van der Waals surface area contributed by atoms with E-state index >= 15 is 0 Å². The normalized spacial score (nSPS) is 12.1. The van der Waals surface area contributed by atoms with Crippen molar-refractivity contribution in [3.63, 3.8) is 0 Å². The highest BCUT2D eigenvalue weighted by Gasteiger charge is 2.19. The zero-order valence-electron chi connectivity index (χ0n) is 40.2. The summed E-state index contributed by atoms with van der Waals surface area (Å²) < 4.78 is 16.8. The molecule has 1 atom stereocenters. The summed E-state index contributed by atoms with van der Waals surface area (Å²) in [7, 11) is 0. The highest BCUT2D eigenvalue weighted by molar-refractivity contribution is 5.71. The van der Waals surface area contributed by atoms with Gasteiger partial charge in [0.05, 0.1) is 0 Å². The number of hydrogen-bond acceptors (Lipinski definition) is 6. The third-order valence-corrected chi connectivity index (χ3v) is 11.7. The van der Waals surface area contributed by atoms with Crippen LogP contribution in [-0.2, 0) is 28.6 Å². The van der Waals surface area contributed by atoms with Crippen molar-refractivity contribution < 1.29 is 28.6 Å². The number of hydrogen-bond donors (Lipinski definition) is 0. The zero-order chi connectivity index (χ0) is 43.7. The minimum absolute atomic E-state index is 0.0745. The minimum atomic E-state index is -0.773. The summed E-state index contributed by atoms with van der Waals surface area (Å²) >= 11 is 0. The molecule has 1 unspecified atom stereocenters. The van der Waals surface area contributed by atoms with E-state index in [1.165, 1.54) is 173 Å².